The van der Waals surface area contributed by atoms with E-state index >= 15 is 0 Å². The van der Waals surface area contributed by atoms with Crippen LogP contribution in [0, 0.1) is 16.0 Å². The number of hydrogen-bond acceptors (Lipinski definition) is 4. The Labute approximate surface area is 125 Å². The maximum atomic E-state index is 11.7. The lowest BCUT2D eigenvalue weighted by molar-refractivity contribution is -0.593. The SMILES string of the molecule is CO[C@H]1CC(N)C[C@@H](CCc2ccccc2)[C@]1(C)[N+](=O)[O-]. The van der Waals surface area contributed by atoms with Gasteiger partial charge in [0.15, 0.2) is 0 Å². The van der Waals surface area contributed by atoms with Crippen LogP contribution in [0.25, 0.3) is 0 Å². The van der Waals surface area contributed by atoms with Crippen molar-refractivity contribution in [2.24, 2.45) is 11.7 Å². The first-order valence-corrected chi connectivity index (χ1v) is 7.45. The molecule has 0 aliphatic heterocycles. The minimum absolute atomic E-state index is 0.0243. The third-order valence-corrected chi connectivity index (χ3v) is 4.88. The van der Waals surface area contributed by atoms with E-state index in [-0.39, 0.29) is 16.9 Å². The van der Waals surface area contributed by atoms with Crippen molar-refractivity contribution in [1.82, 2.24) is 0 Å². The van der Waals surface area contributed by atoms with Gasteiger partial charge < -0.3 is 10.5 Å². The van der Waals surface area contributed by atoms with E-state index in [0.29, 0.717) is 12.8 Å². The van der Waals surface area contributed by atoms with E-state index in [0.717, 1.165) is 12.8 Å². The van der Waals surface area contributed by atoms with E-state index in [2.05, 4.69) is 12.1 Å². The van der Waals surface area contributed by atoms with E-state index in [9.17, 15) is 10.1 Å². The minimum atomic E-state index is -1.06. The maximum Gasteiger partial charge on any atom is 0.247 e. The number of aryl methyl sites for hydroxylation is 1. The van der Waals surface area contributed by atoms with Gasteiger partial charge in [-0.25, -0.2) is 0 Å². The Hall–Kier alpha value is -1.46. The predicted octanol–water partition coefficient (Wildman–Crippen LogP) is 2.41. The molecule has 5 heteroatoms. The number of nitro groups is 1. The second-order valence-corrected chi connectivity index (χ2v) is 6.16. The molecule has 0 amide bonds. The van der Waals surface area contributed by atoms with Crippen LogP contribution in [0.2, 0.25) is 0 Å². The molecule has 21 heavy (non-hydrogen) atoms. The fourth-order valence-corrected chi connectivity index (χ4v) is 3.47. The van der Waals surface area contributed by atoms with Crippen molar-refractivity contribution in [2.75, 3.05) is 7.11 Å². The van der Waals surface area contributed by atoms with Crippen LogP contribution < -0.4 is 5.73 Å². The molecule has 1 unspecified atom stereocenters. The van der Waals surface area contributed by atoms with Crippen molar-refractivity contribution in [3.05, 3.63) is 46.0 Å². The summed E-state index contributed by atoms with van der Waals surface area (Å²) in [4.78, 5) is 11.5. The Kier molecular flexibility index (Phi) is 4.96. The molecule has 1 aliphatic carbocycles. The molecule has 2 rings (SSSR count). The summed E-state index contributed by atoms with van der Waals surface area (Å²) in [7, 11) is 1.54. The van der Waals surface area contributed by atoms with Crippen LogP contribution in [0.5, 0.6) is 0 Å². The van der Waals surface area contributed by atoms with Gasteiger partial charge in [0.2, 0.25) is 5.54 Å². The van der Waals surface area contributed by atoms with E-state index in [1.165, 1.54) is 5.56 Å². The van der Waals surface area contributed by atoms with Gasteiger partial charge in [0.05, 0.1) is 0 Å². The molecule has 1 aromatic carbocycles. The van der Waals surface area contributed by atoms with Gasteiger partial charge in [0.1, 0.15) is 6.10 Å². The average molecular weight is 292 g/mol. The van der Waals surface area contributed by atoms with Gasteiger partial charge >= 0.3 is 0 Å². The van der Waals surface area contributed by atoms with Gasteiger partial charge in [-0.05, 0) is 31.2 Å². The van der Waals surface area contributed by atoms with Crippen LogP contribution in [0.4, 0.5) is 0 Å². The van der Waals surface area contributed by atoms with Gasteiger partial charge in [-0.1, -0.05) is 30.3 Å². The number of nitrogens with two attached hydrogens (primary N) is 1. The zero-order valence-corrected chi connectivity index (χ0v) is 12.7. The first-order valence-electron chi connectivity index (χ1n) is 7.45. The summed E-state index contributed by atoms with van der Waals surface area (Å²) in [5.74, 6) is -0.0681. The summed E-state index contributed by atoms with van der Waals surface area (Å²) < 4.78 is 5.40. The van der Waals surface area contributed by atoms with Gasteiger partial charge in [0, 0.05) is 30.9 Å². The summed E-state index contributed by atoms with van der Waals surface area (Å²) in [5.41, 5.74) is 6.23. The molecule has 0 radical (unpaired) electrons. The van der Waals surface area contributed by atoms with Gasteiger partial charge in [-0.15, -0.1) is 0 Å². The average Bonchev–Trinajstić information content (AvgIpc) is 2.48. The van der Waals surface area contributed by atoms with E-state index in [1.807, 2.05) is 18.2 Å². The van der Waals surface area contributed by atoms with Crippen LogP contribution >= 0.6 is 0 Å². The third kappa shape index (κ3) is 3.24. The van der Waals surface area contributed by atoms with Crippen LogP contribution in [-0.2, 0) is 11.2 Å². The molecule has 1 fully saturated rings. The first-order chi connectivity index (χ1) is 9.98. The highest BCUT2D eigenvalue weighted by molar-refractivity contribution is 5.15. The predicted molar refractivity (Wildman–Crippen MR) is 81.7 cm³/mol. The van der Waals surface area contributed by atoms with Crippen molar-refractivity contribution in [1.29, 1.82) is 0 Å². The summed E-state index contributed by atoms with van der Waals surface area (Å²) in [6.45, 7) is 1.71. The molecule has 0 spiro atoms. The highest BCUT2D eigenvalue weighted by atomic mass is 16.6. The van der Waals surface area contributed by atoms with E-state index in [4.69, 9.17) is 10.5 Å². The molecule has 1 aromatic rings. The zero-order valence-electron chi connectivity index (χ0n) is 12.7. The van der Waals surface area contributed by atoms with Crippen LogP contribution in [0.1, 0.15) is 31.7 Å². The molecule has 116 valence electrons. The zero-order chi connectivity index (χ0) is 15.5. The number of rotatable bonds is 5. The largest absolute Gasteiger partial charge is 0.374 e. The minimum Gasteiger partial charge on any atom is -0.374 e. The lowest BCUT2D eigenvalue weighted by Gasteiger charge is -2.42. The molecular weight excluding hydrogens is 268 g/mol. The van der Waals surface area contributed by atoms with Crippen LogP contribution in [-0.4, -0.2) is 29.7 Å². The summed E-state index contributed by atoms with van der Waals surface area (Å²) in [5, 5.41) is 11.7. The number of hydrogen-bond donors (Lipinski definition) is 1. The fourth-order valence-electron chi connectivity index (χ4n) is 3.47. The first kappa shape index (κ1) is 15.9. The molecule has 0 aromatic heterocycles. The Morgan fingerprint density at radius 2 is 2.05 bits per heavy atom. The van der Waals surface area contributed by atoms with Gasteiger partial charge in [-0.3, -0.25) is 10.1 Å². The Balaban J connectivity index is 2.15. The quantitative estimate of drug-likeness (QED) is 0.667. The second kappa shape index (κ2) is 6.54. The summed E-state index contributed by atoms with van der Waals surface area (Å²) in [6, 6.07) is 10.0. The number of methoxy groups -OCH3 is 1. The number of ether oxygens (including phenoxy) is 1. The lowest BCUT2D eigenvalue weighted by Crippen LogP contribution is -2.59. The molecular formula is C16H24N2O3. The van der Waals surface area contributed by atoms with E-state index in [1.54, 1.807) is 14.0 Å². The van der Waals surface area contributed by atoms with Crippen molar-refractivity contribution >= 4 is 0 Å². The maximum absolute atomic E-state index is 11.7. The normalized spacial score (nSPS) is 32.8. The Morgan fingerprint density at radius 3 is 2.62 bits per heavy atom. The fraction of sp³-hybridized carbons (Fsp3) is 0.625. The standard InChI is InChI=1S/C16H24N2O3/c1-16(18(19)20)13(10-14(17)11-15(16)21-2)9-8-12-6-4-3-5-7-12/h3-7,13-15H,8-11,17H2,1-2H3/t13-,14?,15+,16+/m1/s1. The molecule has 4 atom stereocenters. The molecule has 2 N–H and O–H groups in total. The topological polar surface area (TPSA) is 78.4 Å². The lowest BCUT2D eigenvalue weighted by atomic mass is 9.68. The Morgan fingerprint density at radius 1 is 1.38 bits per heavy atom. The molecule has 1 saturated carbocycles. The van der Waals surface area contributed by atoms with Gasteiger partial charge in [-0.2, -0.15) is 0 Å². The third-order valence-electron chi connectivity index (χ3n) is 4.88. The van der Waals surface area contributed by atoms with Crippen molar-refractivity contribution in [3.8, 4) is 0 Å². The molecule has 5 nitrogen and oxygen atoms in total. The van der Waals surface area contributed by atoms with Gasteiger partial charge in [0.25, 0.3) is 0 Å². The second-order valence-electron chi connectivity index (χ2n) is 6.16. The highest BCUT2D eigenvalue weighted by Crippen LogP contribution is 2.39. The van der Waals surface area contributed by atoms with Crippen LogP contribution in [0.15, 0.2) is 30.3 Å². The molecule has 0 bridgehead atoms. The smallest absolute Gasteiger partial charge is 0.247 e. The monoisotopic (exact) mass is 292 g/mol. The molecule has 1 aliphatic rings. The van der Waals surface area contributed by atoms with E-state index < -0.39 is 11.6 Å². The van der Waals surface area contributed by atoms with Crippen LogP contribution in [0.3, 0.4) is 0 Å². The van der Waals surface area contributed by atoms with Crippen molar-refractivity contribution < 1.29 is 9.66 Å². The summed E-state index contributed by atoms with van der Waals surface area (Å²) in [6.07, 6.45) is 2.41. The van der Waals surface area contributed by atoms with Crippen molar-refractivity contribution in [3.63, 3.8) is 0 Å². The molecule has 0 saturated heterocycles. The molecule has 0 heterocycles. The number of nitrogens with zero attached hydrogens (tertiary/aromatic N) is 1. The Bertz CT molecular complexity index is 480. The number of benzene rings is 1. The highest BCUT2D eigenvalue weighted by Gasteiger charge is 2.56. The van der Waals surface area contributed by atoms with Crippen molar-refractivity contribution in [2.45, 2.75) is 50.3 Å². The summed E-state index contributed by atoms with van der Waals surface area (Å²) >= 11 is 0.